The molecule has 0 spiro atoms. The monoisotopic (exact) mass is 253 g/mol. The Morgan fingerprint density at radius 3 is 2.47 bits per heavy atom. The second-order valence-electron chi connectivity index (χ2n) is 4.18. The first-order chi connectivity index (χ1) is 9.20. The molecule has 0 saturated carbocycles. The summed E-state index contributed by atoms with van der Waals surface area (Å²) < 4.78 is 0. The van der Waals surface area contributed by atoms with E-state index >= 15 is 0 Å². The van der Waals surface area contributed by atoms with Crippen LogP contribution in [0.5, 0.6) is 0 Å². The zero-order valence-electron chi connectivity index (χ0n) is 10.7. The molecule has 0 unspecified atom stereocenters. The molecule has 96 valence electrons. The number of aromatic nitrogens is 1. The molecular weight excluding hydrogens is 238 g/mol. The van der Waals surface area contributed by atoms with Crippen LogP contribution in [0.25, 0.3) is 16.7 Å². The Balaban J connectivity index is 2.31. The van der Waals surface area contributed by atoms with Crippen molar-refractivity contribution in [2.24, 2.45) is 0 Å². The summed E-state index contributed by atoms with van der Waals surface area (Å²) in [5, 5.41) is 8.82. The van der Waals surface area contributed by atoms with Gasteiger partial charge in [0.2, 0.25) is 0 Å². The van der Waals surface area contributed by atoms with E-state index in [0.717, 1.165) is 22.3 Å². The minimum Gasteiger partial charge on any atom is -0.478 e. The Hall–Kier alpha value is -2.42. The molecule has 0 aliphatic carbocycles. The van der Waals surface area contributed by atoms with E-state index in [1.165, 1.54) is 6.08 Å². The van der Waals surface area contributed by atoms with E-state index in [1.807, 2.05) is 49.5 Å². The van der Waals surface area contributed by atoms with Crippen LogP contribution in [0.3, 0.4) is 0 Å². The van der Waals surface area contributed by atoms with Crippen molar-refractivity contribution in [1.82, 2.24) is 4.98 Å². The average molecular weight is 253 g/mol. The van der Waals surface area contributed by atoms with Crippen molar-refractivity contribution < 1.29 is 9.90 Å². The van der Waals surface area contributed by atoms with E-state index in [4.69, 9.17) is 5.11 Å². The highest BCUT2D eigenvalue weighted by Gasteiger charge is 2.03. The quantitative estimate of drug-likeness (QED) is 0.846. The molecule has 2 aromatic rings. The summed E-state index contributed by atoms with van der Waals surface area (Å²) >= 11 is 0. The van der Waals surface area contributed by atoms with Crippen molar-refractivity contribution >= 4 is 11.5 Å². The summed E-state index contributed by atoms with van der Waals surface area (Å²) in [5.74, 6) is -0.909. The summed E-state index contributed by atoms with van der Waals surface area (Å²) in [4.78, 5) is 14.8. The highest BCUT2D eigenvalue weighted by molar-refractivity contribution is 5.90. The van der Waals surface area contributed by atoms with Crippen molar-refractivity contribution in [2.75, 3.05) is 0 Å². The topological polar surface area (TPSA) is 50.2 Å². The van der Waals surface area contributed by atoms with Gasteiger partial charge in [-0.3, -0.25) is 4.98 Å². The van der Waals surface area contributed by atoms with Crippen LogP contribution in [0.4, 0.5) is 0 Å². The fourth-order valence-corrected chi connectivity index (χ4v) is 1.95. The first-order valence-electron chi connectivity index (χ1n) is 6.15. The number of nitrogens with zero attached hydrogens (tertiary/aromatic N) is 1. The van der Waals surface area contributed by atoms with Gasteiger partial charge in [-0.05, 0) is 34.8 Å². The third kappa shape index (κ3) is 3.28. The third-order valence-corrected chi connectivity index (χ3v) is 2.93. The molecule has 0 saturated heterocycles. The lowest BCUT2D eigenvalue weighted by Crippen LogP contribution is -1.92. The molecule has 0 fully saturated rings. The summed E-state index contributed by atoms with van der Waals surface area (Å²) in [7, 11) is 0. The number of benzene rings is 1. The number of hydrogen-bond acceptors (Lipinski definition) is 2. The maximum atomic E-state index is 10.7. The van der Waals surface area contributed by atoms with Gasteiger partial charge >= 0.3 is 5.97 Å². The van der Waals surface area contributed by atoms with Crippen LogP contribution in [0.1, 0.15) is 18.9 Å². The van der Waals surface area contributed by atoms with Gasteiger partial charge in [-0.1, -0.05) is 37.3 Å². The zero-order valence-corrected chi connectivity index (χ0v) is 10.7. The zero-order chi connectivity index (χ0) is 13.7. The van der Waals surface area contributed by atoms with E-state index in [0.29, 0.717) is 6.42 Å². The van der Waals surface area contributed by atoms with Gasteiger partial charge in [0.1, 0.15) is 0 Å². The van der Waals surface area contributed by atoms with Crippen molar-refractivity contribution in [1.29, 1.82) is 0 Å². The largest absolute Gasteiger partial charge is 0.478 e. The molecule has 3 heteroatoms. The number of rotatable bonds is 4. The van der Waals surface area contributed by atoms with Crippen LogP contribution in [-0.2, 0) is 4.79 Å². The number of carboxylic acids is 1. The Morgan fingerprint density at radius 1 is 1.21 bits per heavy atom. The second kappa shape index (κ2) is 5.96. The standard InChI is InChI=1S/C16H15NO2/c1-2-12(10-16(18)19)13-5-7-14(8-6-13)15-4-3-9-17-11-15/h3-11H,2H2,1H3,(H,18,19)/b12-10+. The van der Waals surface area contributed by atoms with Crippen molar-refractivity contribution in [3.05, 3.63) is 60.4 Å². The molecule has 0 aliphatic rings. The molecule has 1 aromatic heterocycles. The first kappa shape index (κ1) is 13.0. The lowest BCUT2D eigenvalue weighted by Gasteiger charge is -2.06. The SMILES string of the molecule is CC/C(=C\C(=O)O)c1ccc(-c2cccnc2)cc1. The first-order valence-corrected chi connectivity index (χ1v) is 6.15. The average Bonchev–Trinajstić information content (AvgIpc) is 2.46. The summed E-state index contributed by atoms with van der Waals surface area (Å²) in [6.45, 7) is 1.95. The van der Waals surface area contributed by atoms with Crippen LogP contribution < -0.4 is 0 Å². The number of allylic oxidation sites excluding steroid dienone is 1. The number of carboxylic acid groups (broad SMARTS) is 1. The van der Waals surface area contributed by atoms with E-state index in [2.05, 4.69) is 4.98 Å². The van der Waals surface area contributed by atoms with Crippen molar-refractivity contribution in [2.45, 2.75) is 13.3 Å². The Labute approximate surface area is 112 Å². The second-order valence-corrected chi connectivity index (χ2v) is 4.18. The minimum atomic E-state index is -0.909. The maximum absolute atomic E-state index is 10.7. The molecule has 1 N–H and O–H groups in total. The molecule has 0 radical (unpaired) electrons. The Morgan fingerprint density at radius 2 is 1.95 bits per heavy atom. The van der Waals surface area contributed by atoms with Gasteiger partial charge in [-0.25, -0.2) is 4.79 Å². The van der Waals surface area contributed by atoms with Crippen LogP contribution in [0, 0.1) is 0 Å². The molecule has 19 heavy (non-hydrogen) atoms. The molecule has 0 atom stereocenters. The molecule has 0 aliphatic heterocycles. The van der Waals surface area contributed by atoms with Crippen LogP contribution in [0.15, 0.2) is 54.9 Å². The van der Waals surface area contributed by atoms with E-state index in [-0.39, 0.29) is 0 Å². The highest BCUT2D eigenvalue weighted by Crippen LogP contribution is 2.23. The fraction of sp³-hybridized carbons (Fsp3) is 0.125. The number of pyridine rings is 1. The predicted octanol–water partition coefficient (Wildman–Crippen LogP) is 3.63. The lowest BCUT2D eigenvalue weighted by atomic mass is 9.99. The molecule has 0 bridgehead atoms. The predicted molar refractivity (Wildman–Crippen MR) is 75.6 cm³/mol. The van der Waals surface area contributed by atoms with Crippen LogP contribution >= 0.6 is 0 Å². The van der Waals surface area contributed by atoms with Gasteiger partial charge in [-0.2, -0.15) is 0 Å². The van der Waals surface area contributed by atoms with Gasteiger partial charge in [0.15, 0.2) is 0 Å². The van der Waals surface area contributed by atoms with E-state index < -0.39 is 5.97 Å². The Kier molecular flexibility index (Phi) is 4.08. The number of carbonyl (C=O) groups is 1. The third-order valence-electron chi connectivity index (χ3n) is 2.93. The molecular formula is C16H15NO2. The molecule has 1 aromatic carbocycles. The molecule has 1 heterocycles. The molecule has 0 amide bonds. The number of hydrogen-bond donors (Lipinski definition) is 1. The fourth-order valence-electron chi connectivity index (χ4n) is 1.95. The normalized spacial score (nSPS) is 11.3. The van der Waals surface area contributed by atoms with Gasteiger partial charge in [0.25, 0.3) is 0 Å². The van der Waals surface area contributed by atoms with Crippen LogP contribution in [0.2, 0.25) is 0 Å². The summed E-state index contributed by atoms with van der Waals surface area (Å²) in [6.07, 6.45) is 5.50. The van der Waals surface area contributed by atoms with E-state index in [9.17, 15) is 4.79 Å². The van der Waals surface area contributed by atoms with Gasteiger partial charge in [-0.15, -0.1) is 0 Å². The van der Waals surface area contributed by atoms with Crippen molar-refractivity contribution in [3.63, 3.8) is 0 Å². The lowest BCUT2D eigenvalue weighted by molar-refractivity contribution is -0.131. The van der Waals surface area contributed by atoms with Gasteiger partial charge < -0.3 is 5.11 Å². The van der Waals surface area contributed by atoms with E-state index in [1.54, 1.807) is 6.20 Å². The molecule has 3 nitrogen and oxygen atoms in total. The van der Waals surface area contributed by atoms with Gasteiger partial charge in [0, 0.05) is 18.5 Å². The molecule has 2 rings (SSSR count). The summed E-state index contributed by atoms with van der Waals surface area (Å²) in [6, 6.07) is 11.7. The minimum absolute atomic E-state index is 0.693. The Bertz CT molecular complexity index is 586. The van der Waals surface area contributed by atoms with Crippen LogP contribution in [-0.4, -0.2) is 16.1 Å². The summed E-state index contributed by atoms with van der Waals surface area (Å²) in [5.41, 5.74) is 3.89. The number of aliphatic carboxylic acids is 1. The van der Waals surface area contributed by atoms with Gasteiger partial charge in [0.05, 0.1) is 0 Å². The smallest absolute Gasteiger partial charge is 0.328 e. The maximum Gasteiger partial charge on any atom is 0.328 e. The van der Waals surface area contributed by atoms with Crippen molar-refractivity contribution in [3.8, 4) is 11.1 Å². The highest BCUT2D eigenvalue weighted by atomic mass is 16.4.